The van der Waals surface area contributed by atoms with Gasteiger partial charge in [0.05, 0.1) is 17.9 Å². The predicted molar refractivity (Wildman–Crippen MR) is 122 cm³/mol. The highest BCUT2D eigenvalue weighted by molar-refractivity contribution is 7.12. The standard InChI is InChI=1S/C25H22N2O4S/c1-14-5-4-6-16(11-14)13-30-18-9-7-17(8-10-18)21-19(12-26)24(27)31-22-20(25(28)29-3)15(2)32-23(21)22/h4-11,21H,13,27H2,1-3H3. The Morgan fingerprint density at radius 3 is 2.62 bits per heavy atom. The number of nitrogens with zero attached hydrogens (tertiary/aromatic N) is 1. The van der Waals surface area contributed by atoms with Gasteiger partial charge in [0.2, 0.25) is 5.88 Å². The molecule has 1 aromatic heterocycles. The fourth-order valence-electron chi connectivity index (χ4n) is 3.78. The summed E-state index contributed by atoms with van der Waals surface area (Å²) in [5, 5.41) is 9.76. The Balaban J connectivity index is 1.65. The second-order valence-electron chi connectivity index (χ2n) is 7.49. The van der Waals surface area contributed by atoms with Gasteiger partial charge in [-0.25, -0.2) is 4.79 Å². The van der Waals surface area contributed by atoms with E-state index in [1.54, 1.807) is 0 Å². The zero-order chi connectivity index (χ0) is 22.8. The van der Waals surface area contributed by atoms with Gasteiger partial charge in [0.25, 0.3) is 0 Å². The number of hydrogen-bond acceptors (Lipinski definition) is 7. The molecule has 2 heterocycles. The molecular weight excluding hydrogens is 424 g/mol. The van der Waals surface area contributed by atoms with E-state index in [0.29, 0.717) is 23.5 Å². The van der Waals surface area contributed by atoms with Gasteiger partial charge in [-0.05, 0) is 37.1 Å². The van der Waals surface area contributed by atoms with Gasteiger partial charge in [-0.3, -0.25) is 0 Å². The minimum absolute atomic E-state index is 0.00673. The molecule has 0 saturated carbocycles. The Hall–Kier alpha value is -3.76. The maximum atomic E-state index is 12.3. The Morgan fingerprint density at radius 2 is 1.97 bits per heavy atom. The van der Waals surface area contributed by atoms with Crippen LogP contribution in [0.3, 0.4) is 0 Å². The van der Waals surface area contributed by atoms with Crippen LogP contribution >= 0.6 is 11.3 Å². The Labute approximate surface area is 190 Å². The zero-order valence-corrected chi connectivity index (χ0v) is 18.8. The fourth-order valence-corrected chi connectivity index (χ4v) is 4.99. The molecule has 7 heteroatoms. The van der Waals surface area contributed by atoms with Crippen LogP contribution in [0, 0.1) is 25.2 Å². The van der Waals surface area contributed by atoms with Crippen LogP contribution in [0.1, 0.15) is 42.7 Å². The average molecular weight is 447 g/mol. The summed E-state index contributed by atoms with van der Waals surface area (Å²) in [5.41, 5.74) is 9.85. The van der Waals surface area contributed by atoms with Crippen molar-refractivity contribution in [3.05, 3.63) is 92.0 Å². The first kappa shape index (κ1) is 21.5. The molecule has 0 fully saturated rings. The molecule has 3 aromatic rings. The van der Waals surface area contributed by atoms with E-state index in [0.717, 1.165) is 26.6 Å². The van der Waals surface area contributed by atoms with Crippen molar-refractivity contribution in [1.29, 1.82) is 5.26 Å². The van der Waals surface area contributed by atoms with Crippen molar-refractivity contribution >= 4 is 17.3 Å². The van der Waals surface area contributed by atoms with Gasteiger partial charge in [-0.1, -0.05) is 42.0 Å². The number of benzene rings is 2. The maximum absolute atomic E-state index is 12.3. The van der Waals surface area contributed by atoms with Gasteiger partial charge < -0.3 is 19.9 Å². The number of carbonyl (C=O) groups is 1. The molecule has 6 nitrogen and oxygen atoms in total. The molecule has 2 aromatic carbocycles. The molecule has 4 rings (SSSR count). The lowest BCUT2D eigenvalue weighted by Gasteiger charge is -2.24. The molecule has 1 aliphatic rings. The number of fused-ring (bicyclic) bond motifs is 1. The fraction of sp³-hybridized carbons (Fsp3) is 0.200. The van der Waals surface area contributed by atoms with Crippen LogP contribution in [-0.2, 0) is 11.3 Å². The second kappa shape index (κ2) is 8.77. The topological polar surface area (TPSA) is 94.6 Å². The van der Waals surface area contributed by atoms with Crippen LogP contribution in [0.2, 0.25) is 0 Å². The lowest BCUT2D eigenvalue weighted by atomic mass is 9.88. The molecule has 1 aliphatic heterocycles. The molecule has 0 saturated heterocycles. The molecule has 1 unspecified atom stereocenters. The van der Waals surface area contributed by atoms with E-state index in [1.807, 2.05) is 56.3 Å². The van der Waals surface area contributed by atoms with E-state index in [1.165, 1.54) is 24.0 Å². The molecule has 0 amide bonds. The maximum Gasteiger partial charge on any atom is 0.342 e. The highest BCUT2D eigenvalue weighted by Crippen LogP contribution is 2.49. The molecule has 32 heavy (non-hydrogen) atoms. The van der Waals surface area contributed by atoms with Crippen molar-refractivity contribution in [3.8, 4) is 17.6 Å². The highest BCUT2D eigenvalue weighted by atomic mass is 32.1. The average Bonchev–Trinajstić information content (AvgIpc) is 3.12. The first-order chi connectivity index (χ1) is 15.4. The zero-order valence-electron chi connectivity index (χ0n) is 18.0. The van der Waals surface area contributed by atoms with Crippen molar-refractivity contribution in [2.75, 3.05) is 7.11 Å². The van der Waals surface area contributed by atoms with E-state index < -0.39 is 11.9 Å². The van der Waals surface area contributed by atoms with Crippen LogP contribution in [-0.4, -0.2) is 13.1 Å². The molecule has 0 aliphatic carbocycles. The molecule has 2 N–H and O–H groups in total. The van der Waals surface area contributed by atoms with Gasteiger partial charge >= 0.3 is 5.97 Å². The molecular formula is C25H22N2O4S. The SMILES string of the molecule is COC(=O)c1c(C)sc2c1OC(N)=C(C#N)C2c1ccc(OCc2cccc(C)c2)cc1. The summed E-state index contributed by atoms with van der Waals surface area (Å²) in [5.74, 6) is 0.146. The van der Waals surface area contributed by atoms with Crippen LogP contribution in [0.5, 0.6) is 11.5 Å². The van der Waals surface area contributed by atoms with Gasteiger partial charge in [0, 0.05) is 4.88 Å². The van der Waals surface area contributed by atoms with Crippen LogP contribution in [0.15, 0.2) is 60.0 Å². The van der Waals surface area contributed by atoms with Crippen molar-refractivity contribution < 1.29 is 19.0 Å². The number of carbonyl (C=O) groups excluding carboxylic acids is 1. The number of hydrogen-bond donors (Lipinski definition) is 1. The van der Waals surface area contributed by atoms with Gasteiger partial charge in [0.1, 0.15) is 29.6 Å². The second-order valence-corrected chi connectivity index (χ2v) is 8.75. The Morgan fingerprint density at radius 1 is 1.22 bits per heavy atom. The number of methoxy groups -OCH3 is 1. The van der Waals surface area contributed by atoms with Crippen molar-refractivity contribution in [1.82, 2.24) is 0 Å². The molecule has 162 valence electrons. The number of aryl methyl sites for hydroxylation is 2. The first-order valence-corrected chi connectivity index (χ1v) is 10.8. The smallest absolute Gasteiger partial charge is 0.342 e. The van der Waals surface area contributed by atoms with E-state index in [4.69, 9.17) is 19.9 Å². The van der Waals surface area contributed by atoms with E-state index in [-0.39, 0.29) is 5.88 Å². The number of rotatable bonds is 5. The van der Waals surface area contributed by atoms with Gasteiger partial charge in [0.15, 0.2) is 5.75 Å². The summed E-state index contributed by atoms with van der Waals surface area (Å²) in [6.45, 7) is 4.33. The number of allylic oxidation sites excluding steroid dienone is 1. The number of esters is 1. The monoisotopic (exact) mass is 446 g/mol. The van der Waals surface area contributed by atoms with Crippen molar-refractivity contribution in [3.63, 3.8) is 0 Å². The van der Waals surface area contributed by atoms with E-state index >= 15 is 0 Å². The predicted octanol–water partition coefficient (Wildman–Crippen LogP) is 4.95. The summed E-state index contributed by atoms with van der Waals surface area (Å²) in [7, 11) is 1.32. The number of nitrogens with two attached hydrogens (primary N) is 1. The number of thiophene rings is 1. The van der Waals surface area contributed by atoms with E-state index in [2.05, 4.69) is 12.1 Å². The van der Waals surface area contributed by atoms with E-state index in [9.17, 15) is 10.1 Å². The number of nitriles is 1. The number of ether oxygens (including phenoxy) is 3. The molecule has 0 bridgehead atoms. The van der Waals surface area contributed by atoms with Crippen LogP contribution in [0.25, 0.3) is 0 Å². The molecule has 0 radical (unpaired) electrons. The van der Waals surface area contributed by atoms with Gasteiger partial charge in [-0.15, -0.1) is 11.3 Å². The summed E-state index contributed by atoms with van der Waals surface area (Å²) >= 11 is 1.40. The van der Waals surface area contributed by atoms with Crippen LogP contribution < -0.4 is 15.2 Å². The molecule has 1 atom stereocenters. The third-order valence-electron chi connectivity index (χ3n) is 5.31. The normalized spacial score (nSPS) is 14.9. The summed E-state index contributed by atoms with van der Waals surface area (Å²) < 4.78 is 16.5. The Bertz CT molecular complexity index is 1250. The summed E-state index contributed by atoms with van der Waals surface area (Å²) in [6.07, 6.45) is 0. The summed E-state index contributed by atoms with van der Waals surface area (Å²) in [6, 6.07) is 17.9. The highest BCUT2D eigenvalue weighted by Gasteiger charge is 2.37. The van der Waals surface area contributed by atoms with Crippen molar-refractivity contribution in [2.24, 2.45) is 5.73 Å². The largest absolute Gasteiger partial charge is 0.489 e. The summed E-state index contributed by atoms with van der Waals surface area (Å²) in [4.78, 5) is 13.8. The quantitative estimate of drug-likeness (QED) is 0.557. The third-order valence-corrected chi connectivity index (χ3v) is 6.46. The minimum atomic E-state index is -0.494. The lowest BCUT2D eigenvalue weighted by molar-refractivity contribution is 0.0597. The lowest BCUT2D eigenvalue weighted by Crippen LogP contribution is -2.21. The van der Waals surface area contributed by atoms with Crippen molar-refractivity contribution in [2.45, 2.75) is 26.4 Å². The molecule has 0 spiro atoms. The Kier molecular flexibility index (Phi) is 5.89. The minimum Gasteiger partial charge on any atom is -0.489 e. The first-order valence-electron chi connectivity index (χ1n) is 10.0. The van der Waals surface area contributed by atoms with Gasteiger partial charge in [-0.2, -0.15) is 5.26 Å². The van der Waals surface area contributed by atoms with Crippen LogP contribution in [0.4, 0.5) is 0 Å². The third kappa shape index (κ3) is 3.93.